The number of thiazole rings is 1. The Bertz CT molecular complexity index is 979. The molecule has 1 aromatic heterocycles. The summed E-state index contributed by atoms with van der Waals surface area (Å²) in [6.45, 7) is 0. The Morgan fingerprint density at radius 1 is 1.19 bits per heavy atom. The highest BCUT2D eigenvalue weighted by atomic mass is 32.2. The quantitative estimate of drug-likeness (QED) is 0.346. The zero-order valence-corrected chi connectivity index (χ0v) is 16.3. The van der Waals surface area contributed by atoms with Gasteiger partial charge >= 0.3 is 10.6 Å². The molecule has 4 nitrogen and oxygen atoms in total. The summed E-state index contributed by atoms with van der Waals surface area (Å²) in [5.74, 6) is 2.23. The van der Waals surface area contributed by atoms with E-state index in [9.17, 15) is 4.79 Å². The van der Waals surface area contributed by atoms with Crippen LogP contribution < -0.4 is 14.0 Å². The molecular formula is C21H18NO3S2+. The van der Waals surface area contributed by atoms with E-state index in [1.54, 1.807) is 42.7 Å². The number of ketones is 1. The third-order valence-corrected chi connectivity index (χ3v) is 6.43. The smallest absolute Gasteiger partial charge is 0.313 e. The number of carbonyl (C=O) groups is 1. The first-order valence-corrected chi connectivity index (χ1v) is 10.3. The van der Waals surface area contributed by atoms with E-state index >= 15 is 0 Å². The number of benzene rings is 2. The Morgan fingerprint density at radius 2 is 2.00 bits per heavy atom. The molecule has 0 radical (unpaired) electrons. The lowest BCUT2D eigenvalue weighted by atomic mass is 10.1. The van der Waals surface area contributed by atoms with Gasteiger partial charge in [-0.1, -0.05) is 41.7 Å². The first kappa shape index (κ1) is 17.8. The lowest BCUT2D eigenvalue weighted by Crippen LogP contribution is -2.39. The van der Waals surface area contributed by atoms with E-state index < -0.39 is 0 Å². The van der Waals surface area contributed by atoms with Crippen LogP contribution in [0.4, 0.5) is 0 Å². The zero-order valence-electron chi connectivity index (χ0n) is 14.7. The SMILES string of the molecule is COc1ccccc1C(=O)/C=C/c1ccc(OC2CSc3scc[n+]32)cc1. The third-order valence-electron chi connectivity index (χ3n) is 4.21. The Morgan fingerprint density at radius 3 is 2.81 bits per heavy atom. The summed E-state index contributed by atoms with van der Waals surface area (Å²) < 4.78 is 14.8. The third kappa shape index (κ3) is 3.91. The number of aromatic nitrogens is 1. The molecule has 0 N–H and O–H groups in total. The van der Waals surface area contributed by atoms with Gasteiger partial charge in [0.15, 0.2) is 12.0 Å². The van der Waals surface area contributed by atoms with Gasteiger partial charge in [-0.15, -0.1) is 4.57 Å². The highest BCUT2D eigenvalue weighted by molar-refractivity contribution is 8.01. The molecule has 4 rings (SSSR count). The van der Waals surface area contributed by atoms with Crippen molar-refractivity contribution in [1.29, 1.82) is 0 Å². The summed E-state index contributed by atoms with van der Waals surface area (Å²) in [5.41, 5.74) is 1.49. The van der Waals surface area contributed by atoms with Gasteiger partial charge in [-0.3, -0.25) is 4.79 Å². The second-order valence-electron chi connectivity index (χ2n) is 5.93. The van der Waals surface area contributed by atoms with Crippen LogP contribution in [0.3, 0.4) is 0 Å². The highest BCUT2D eigenvalue weighted by Gasteiger charge is 2.34. The van der Waals surface area contributed by atoms with Crippen molar-refractivity contribution in [3.63, 3.8) is 0 Å². The number of methoxy groups -OCH3 is 1. The number of thioether (sulfide) groups is 1. The average Bonchev–Trinajstić information content (AvgIpc) is 3.32. The first-order chi connectivity index (χ1) is 13.2. The maximum absolute atomic E-state index is 12.4. The summed E-state index contributed by atoms with van der Waals surface area (Å²) >= 11 is 3.55. The number of fused-ring (bicyclic) bond motifs is 1. The largest absolute Gasteiger partial charge is 0.496 e. The number of nitrogens with zero attached hydrogens (tertiary/aromatic N) is 1. The summed E-state index contributed by atoms with van der Waals surface area (Å²) in [4.78, 5) is 12.4. The molecule has 0 spiro atoms. The van der Waals surface area contributed by atoms with E-state index in [2.05, 4.69) is 16.1 Å². The fraction of sp³-hybridized carbons (Fsp3) is 0.143. The molecule has 0 aliphatic carbocycles. The van der Waals surface area contributed by atoms with Crippen molar-refractivity contribution >= 4 is 35.0 Å². The highest BCUT2D eigenvalue weighted by Crippen LogP contribution is 2.31. The number of rotatable bonds is 6. The Balaban J connectivity index is 1.42. The maximum Gasteiger partial charge on any atom is 0.313 e. The van der Waals surface area contributed by atoms with Gasteiger partial charge in [0.2, 0.25) is 0 Å². The second kappa shape index (κ2) is 7.98. The van der Waals surface area contributed by atoms with Gasteiger partial charge < -0.3 is 9.47 Å². The topological polar surface area (TPSA) is 39.4 Å². The van der Waals surface area contributed by atoms with Gasteiger partial charge in [-0.05, 0) is 47.7 Å². The molecule has 1 unspecified atom stereocenters. The van der Waals surface area contributed by atoms with E-state index in [4.69, 9.17) is 9.47 Å². The summed E-state index contributed by atoms with van der Waals surface area (Å²) in [5, 5.41) is 2.07. The van der Waals surface area contributed by atoms with Crippen LogP contribution in [0.2, 0.25) is 0 Å². The second-order valence-corrected chi connectivity index (χ2v) is 8.09. The van der Waals surface area contributed by atoms with Gasteiger partial charge in [-0.25, -0.2) is 0 Å². The number of allylic oxidation sites excluding steroid dienone is 1. The molecule has 0 saturated heterocycles. The Kier molecular flexibility index (Phi) is 5.27. The van der Waals surface area contributed by atoms with Crippen LogP contribution in [0.1, 0.15) is 22.1 Å². The number of hydrogen-bond acceptors (Lipinski definition) is 5. The van der Waals surface area contributed by atoms with Gasteiger partial charge in [0.25, 0.3) is 0 Å². The van der Waals surface area contributed by atoms with E-state index in [1.165, 1.54) is 4.34 Å². The Hall–Kier alpha value is -2.57. The average molecular weight is 397 g/mol. The van der Waals surface area contributed by atoms with Gasteiger partial charge in [0, 0.05) is 0 Å². The fourth-order valence-electron chi connectivity index (χ4n) is 2.84. The molecule has 0 amide bonds. The molecule has 136 valence electrons. The molecule has 1 aliphatic rings. The molecule has 0 saturated carbocycles. The summed E-state index contributed by atoms with van der Waals surface area (Å²) in [7, 11) is 1.56. The maximum atomic E-state index is 12.4. The zero-order chi connectivity index (χ0) is 18.6. The predicted octanol–water partition coefficient (Wildman–Crippen LogP) is 4.62. The van der Waals surface area contributed by atoms with Gasteiger partial charge in [0.1, 0.15) is 17.3 Å². The minimum absolute atomic E-state index is 0.0322. The van der Waals surface area contributed by atoms with Crippen molar-refractivity contribution in [2.45, 2.75) is 10.6 Å². The van der Waals surface area contributed by atoms with Crippen molar-refractivity contribution < 1.29 is 18.8 Å². The van der Waals surface area contributed by atoms with Crippen LogP contribution >= 0.6 is 23.1 Å². The van der Waals surface area contributed by atoms with Gasteiger partial charge in [0.05, 0.1) is 18.1 Å². The molecule has 27 heavy (non-hydrogen) atoms. The monoisotopic (exact) mass is 396 g/mol. The molecule has 1 aliphatic heterocycles. The molecule has 2 heterocycles. The number of ether oxygens (including phenoxy) is 2. The molecule has 2 aromatic carbocycles. The lowest BCUT2D eigenvalue weighted by molar-refractivity contribution is -0.769. The van der Waals surface area contributed by atoms with Gasteiger partial charge in [-0.2, -0.15) is 0 Å². The van der Waals surface area contributed by atoms with Crippen molar-refractivity contribution in [3.8, 4) is 11.5 Å². The molecule has 1 atom stereocenters. The molecular weight excluding hydrogens is 378 g/mol. The van der Waals surface area contributed by atoms with Crippen LogP contribution in [-0.2, 0) is 0 Å². The van der Waals surface area contributed by atoms with Crippen LogP contribution in [0.5, 0.6) is 11.5 Å². The van der Waals surface area contributed by atoms with Crippen LogP contribution in [0.15, 0.2) is 70.5 Å². The summed E-state index contributed by atoms with van der Waals surface area (Å²) in [6.07, 6.45) is 5.46. The molecule has 3 aromatic rings. The van der Waals surface area contributed by atoms with E-state index in [1.807, 2.05) is 48.2 Å². The van der Waals surface area contributed by atoms with Crippen molar-refractivity contribution in [2.75, 3.05) is 12.9 Å². The van der Waals surface area contributed by atoms with Crippen molar-refractivity contribution in [1.82, 2.24) is 0 Å². The predicted molar refractivity (Wildman–Crippen MR) is 108 cm³/mol. The van der Waals surface area contributed by atoms with E-state index in [-0.39, 0.29) is 12.0 Å². The van der Waals surface area contributed by atoms with Crippen LogP contribution in [0, 0.1) is 0 Å². The minimum atomic E-state index is -0.0860. The van der Waals surface area contributed by atoms with Crippen LogP contribution in [-0.4, -0.2) is 18.6 Å². The van der Waals surface area contributed by atoms with Crippen molar-refractivity contribution in [2.24, 2.45) is 0 Å². The normalized spacial score (nSPS) is 15.7. The Labute approximate surface area is 166 Å². The standard InChI is InChI=1S/C21H18NO3S2/c1-24-19-5-3-2-4-17(19)18(23)11-8-15-6-9-16(10-7-15)25-20-14-27-21-22(20)12-13-26-21/h2-13,20H,14H2,1H3/q+1/b11-8+. The first-order valence-electron chi connectivity index (χ1n) is 8.48. The molecule has 0 bridgehead atoms. The number of carbonyl (C=O) groups excluding carboxylic acids is 1. The van der Waals surface area contributed by atoms with E-state index in [0.717, 1.165) is 17.1 Å². The summed E-state index contributed by atoms with van der Waals surface area (Å²) in [6, 6.07) is 15.0. The molecule has 6 heteroatoms. The number of para-hydroxylation sites is 1. The van der Waals surface area contributed by atoms with Crippen LogP contribution in [0.25, 0.3) is 6.08 Å². The number of hydrogen-bond donors (Lipinski definition) is 0. The fourth-order valence-corrected chi connectivity index (χ4v) is 4.93. The minimum Gasteiger partial charge on any atom is -0.496 e. The lowest BCUT2D eigenvalue weighted by Gasteiger charge is -2.08. The van der Waals surface area contributed by atoms with E-state index in [0.29, 0.717) is 11.3 Å². The molecule has 0 fully saturated rings. The van der Waals surface area contributed by atoms with Crippen molar-refractivity contribution in [3.05, 3.63) is 77.3 Å².